The Balaban J connectivity index is 2.86. The van der Waals surface area contributed by atoms with Crippen molar-refractivity contribution < 1.29 is 24.0 Å². The van der Waals surface area contributed by atoms with Crippen molar-refractivity contribution in [2.75, 3.05) is 20.6 Å². The Morgan fingerprint density at radius 1 is 1.03 bits per heavy atom. The summed E-state index contributed by atoms with van der Waals surface area (Å²) in [5.41, 5.74) is -1.48. The van der Waals surface area contributed by atoms with E-state index in [0.29, 0.717) is 6.42 Å². The van der Waals surface area contributed by atoms with Crippen molar-refractivity contribution in [2.24, 2.45) is 11.3 Å². The van der Waals surface area contributed by atoms with Crippen LogP contribution < -0.4 is 16.0 Å². The number of nitrogens with zero attached hydrogens (tertiary/aromatic N) is 2. The van der Waals surface area contributed by atoms with Crippen molar-refractivity contribution in [3.63, 3.8) is 0 Å². The topological polar surface area (TPSA) is 128 Å². The van der Waals surface area contributed by atoms with Crippen molar-refractivity contribution in [3.05, 3.63) is 0 Å². The fourth-order valence-electron chi connectivity index (χ4n) is 3.59. The van der Waals surface area contributed by atoms with Gasteiger partial charge in [-0.3, -0.25) is 24.1 Å². The van der Waals surface area contributed by atoms with Gasteiger partial charge in [-0.1, -0.05) is 34.6 Å². The molecule has 1 rings (SSSR count). The normalized spacial score (nSPS) is 18.6. The molecule has 34 heavy (non-hydrogen) atoms. The average molecular weight is 500 g/mol. The quantitative estimate of drug-likeness (QED) is 0.265. The minimum atomic E-state index is -0.944. The number of imide groups is 1. The second kappa shape index (κ2) is 11.4. The summed E-state index contributed by atoms with van der Waals surface area (Å²) >= 11 is 4.35. The van der Waals surface area contributed by atoms with Gasteiger partial charge < -0.3 is 20.9 Å². The highest BCUT2D eigenvalue weighted by molar-refractivity contribution is 7.81. The molecular weight excluding hydrogens is 458 g/mol. The highest BCUT2D eigenvalue weighted by atomic mass is 32.1. The van der Waals surface area contributed by atoms with E-state index < -0.39 is 46.1 Å². The molecule has 0 spiro atoms. The molecule has 0 aliphatic carbocycles. The first-order valence-corrected chi connectivity index (χ1v) is 12.1. The lowest BCUT2D eigenvalue weighted by atomic mass is 9.85. The van der Waals surface area contributed by atoms with Gasteiger partial charge in [0, 0.05) is 20.6 Å². The summed E-state index contributed by atoms with van der Waals surface area (Å²) in [6.45, 7) is 12.7. The largest absolute Gasteiger partial charge is 0.357 e. The fraction of sp³-hybridized carbons (Fsp3) is 0.783. The third-order valence-electron chi connectivity index (χ3n) is 6.05. The molecular formula is C23H41N5O5S. The van der Waals surface area contributed by atoms with E-state index in [-0.39, 0.29) is 30.7 Å². The molecule has 6 amide bonds. The molecule has 1 saturated heterocycles. The number of hydrogen-bond acceptors (Lipinski definition) is 6. The van der Waals surface area contributed by atoms with Gasteiger partial charge >= 0.3 is 6.03 Å². The molecule has 0 aromatic rings. The molecule has 0 aromatic heterocycles. The molecule has 1 aliphatic rings. The van der Waals surface area contributed by atoms with Gasteiger partial charge in [-0.25, -0.2) is 4.79 Å². The first-order valence-electron chi connectivity index (χ1n) is 11.5. The lowest BCUT2D eigenvalue weighted by molar-refractivity contribution is -0.134. The molecule has 11 heteroatoms. The third-order valence-corrected chi connectivity index (χ3v) is 6.55. The molecule has 10 nitrogen and oxygen atoms in total. The maximum atomic E-state index is 13.0. The molecule has 1 heterocycles. The predicted octanol–water partition coefficient (Wildman–Crippen LogP) is 1.16. The van der Waals surface area contributed by atoms with Crippen LogP contribution in [0.3, 0.4) is 0 Å². The first-order chi connectivity index (χ1) is 15.4. The molecule has 1 aliphatic heterocycles. The minimum absolute atomic E-state index is 0.0385. The summed E-state index contributed by atoms with van der Waals surface area (Å²) in [5, 5.41) is 7.21. The highest BCUT2D eigenvalue weighted by Gasteiger charge is 2.49. The van der Waals surface area contributed by atoms with E-state index in [2.05, 4.69) is 28.6 Å². The number of hydrogen-bond donors (Lipinski definition) is 4. The Kier molecular flexibility index (Phi) is 9.98. The minimum Gasteiger partial charge on any atom is -0.357 e. The first kappa shape index (κ1) is 29.7. The summed E-state index contributed by atoms with van der Waals surface area (Å²) in [6.07, 6.45) is 0.500. The fourth-order valence-corrected chi connectivity index (χ4v) is 3.78. The third kappa shape index (κ3) is 7.10. The van der Waals surface area contributed by atoms with Gasteiger partial charge in [-0.2, -0.15) is 12.6 Å². The van der Waals surface area contributed by atoms with E-state index >= 15 is 0 Å². The summed E-state index contributed by atoms with van der Waals surface area (Å²) in [6, 6.07) is -2.07. The number of amides is 6. The highest BCUT2D eigenvalue weighted by Crippen LogP contribution is 2.26. The van der Waals surface area contributed by atoms with Crippen LogP contribution in [0, 0.1) is 11.3 Å². The SMILES string of the molecule is CNC(=O)C(NC(=O)[C@@H](CC(C)C)NC(=O)[C@H](S)CCN1C(=O)N(C)C(C)(C)C1=O)C(C)(C)C. The van der Waals surface area contributed by atoms with E-state index in [1.807, 2.05) is 34.6 Å². The van der Waals surface area contributed by atoms with Crippen LogP contribution >= 0.6 is 12.6 Å². The Labute approximate surface area is 208 Å². The van der Waals surface area contributed by atoms with Gasteiger partial charge in [0.15, 0.2) is 0 Å². The zero-order valence-electron chi connectivity index (χ0n) is 21.8. The number of carbonyl (C=O) groups is 5. The van der Waals surface area contributed by atoms with Crippen molar-refractivity contribution in [1.29, 1.82) is 0 Å². The van der Waals surface area contributed by atoms with Crippen molar-refractivity contribution in [1.82, 2.24) is 25.8 Å². The van der Waals surface area contributed by atoms with Crippen LogP contribution in [-0.2, 0) is 19.2 Å². The Hall–Kier alpha value is -2.30. The zero-order chi connectivity index (χ0) is 26.6. The molecule has 3 N–H and O–H groups in total. The van der Waals surface area contributed by atoms with Gasteiger partial charge in [0.05, 0.1) is 5.25 Å². The van der Waals surface area contributed by atoms with Crippen LogP contribution in [0.15, 0.2) is 0 Å². The molecule has 194 valence electrons. The Morgan fingerprint density at radius 3 is 2.00 bits per heavy atom. The summed E-state index contributed by atoms with van der Waals surface area (Å²) in [7, 11) is 3.06. The lowest BCUT2D eigenvalue weighted by Crippen LogP contribution is -2.58. The molecule has 0 saturated carbocycles. The molecule has 0 bridgehead atoms. The van der Waals surface area contributed by atoms with E-state index in [0.717, 1.165) is 4.90 Å². The standard InChI is InChI=1S/C23H41N5O5S/c1-13(2)12-14(17(29)26-16(19(31)24-8)22(3,4)5)25-18(30)15(34)10-11-28-20(32)23(6,7)27(9)21(28)33/h13-16,34H,10-12H2,1-9H3,(H,24,31)(H,25,30)(H,26,29)/t14-,15-,16?/m1/s1. The predicted molar refractivity (Wildman–Crippen MR) is 133 cm³/mol. The van der Waals surface area contributed by atoms with Crippen LogP contribution in [0.4, 0.5) is 4.79 Å². The monoisotopic (exact) mass is 499 g/mol. The second-order valence-corrected chi connectivity index (χ2v) is 11.4. The Morgan fingerprint density at radius 2 is 1.59 bits per heavy atom. The smallest absolute Gasteiger partial charge is 0.327 e. The number of nitrogens with one attached hydrogen (secondary N) is 3. The van der Waals surface area contributed by atoms with E-state index in [1.165, 1.54) is 11.9 Å². The number of likely N-dealkylation sites (N-methyl/N-ethyl adjacent to an activating group) is 2. The number of rotatable bonds is 10. The maximum absolute atomic E-state index is 13.0. The average Bonchev–Trinajstić information content (AvgIpc) is 2.87. The van der Waals surface area contributed by atoms with Gasteiger partial charge in [-0.05, 0) is 38.0 Å². The van der Waals surface area contributed by atoms with E-state index in [9.17, 15) is 24.0 Å². The van der Waals surface area contributed by atoms with Crippen molar-refractivity contribution in [2.45, 2.75) is 84.2 Å². The number of thiol groups is 1. The summed E-state index contributed by atoms with van der Waals surface area (Å²) in [4.78, 5) is 65.6. The van der Waals surface area contributed by atoms with Gasteiger partial charge in [0.2, 0.25) is 17.7 Å². The molecule has 0 aromatic carbocycles. The Bertz CT molecular complexity index is 808. The van der Waals surface area contributed by atoms with Gasteiger partial charge in [-0.15, -0.1) is 0 Å². The molecule has 3 atom stereocenters. The molecule has 1 unspecified atom stereocenters. The van der Waals surface area contributed by atoms with Crippen LogP contribution in [-0.4, -0.2) is 83.0 Å². The number of carbonyl (C=O) groups excluding carboxylic acids is 5. The van der Waals surface area contributed by atoms with E-state index in [4.69, 9.17) is 0 Å². The lowest BCUT2D eigenvalue weighted by Gasteiger charge is -2.32. The van der Waals surface area contributed by atoms with Crippen LogP contribution in [0.2, 0.25) is 0 Å². The second-order valence-electron chi connectivity index (χ2n) is 10.8. The van der Waals surface area contributed by atoms with Crippen LogP contribution in [0.5, 0.6) is 0 Å². The summed E-state index contributed by atoms with van der Waals surface area (Å²) in [5.74, 6) is -1.50. The van der Waals surface area contributed by atoms with Crippen LogP contribution in [0.25, 0.3) is 0 Å². The maximum Gasteiger partial charge on any atom is 0.327 e. The summed E-state index contributed by atoms with van der Waals surface area (Å²) < 4.78 is 0. The van der Waals surface area contributed by atoms with Crippen molar-refractivity contribution >= 4 is 42.3 Å². The van der Waals surface area contributed by atoms with Crippen molar-refractivity contribution in [3.8, 4) is 0 Å². The van der Waals surface area contributed by atoms with Crippen LogP contribution in [0.1, 0.15) is 61.3 Å². The van der Waals surface area contributed by atoms with Gasteiger partial charge in [0.1, 0.15) is 17.6 Å². The number of urea groups is 1. The van der Waals surface area contributed by atoms with Gasteiger partial charge in [0.25, 0.3) is 5.91 Å². The molecule has 0 radical (unpaired) electrons. The molecule has 1 fully saturated rings. The van der Waals surface area contributed by atoms with E-state index in [1.54, 1.807) is 20.9 Å². The zero-order valence-corrected chi connectivity index (χ0v) is 22.7.